The molecule has 0 fully saturated rings. The molecule has 0 amide bonds. The second-order valence-electron chi connectivity index (χ2n) is 0.447. The molecule has 0 aliphatic heterocycles. The summed E-state index contributed by atoms with van der Waals surface area (Å²) in [6.45, 7) is 0. The fraction of sp³-hybridized carbons (Fsp3) is 0. The molecule has 0 bridgehead atoms. The van der Waals surface area contributed by atoms with Crippen LogP contribution >= 0.6 is 14.5 Å². The van der Waals surface area contributed by atoms with Crippen LogP contribution in [0, 0.1) is 0 Å². The first-order chi connectivity index (χ1) is 3.46. The predicted octanol–water partition coefficient (Wildman–Crippen LogP) is -0.908. The Morgan fingerprint density at radius 3 is 0.750 bits per heavy atom. The zero-order valence-electron chi connectivity index (χ0n) is 4.55. The Hall–Kier alpha value is 2.90. The quantitative estimate of drug-likeness (QED) is 0.274. The molecule has 12 heavy (non-hydrogen) atoms. The third-order valence-corrected chi connectivity index (χ3v) is 0. The second-order valence-corrected chi connectivity index (χ2v) is 3.13. The van der Waals surface area contributed by atoms with Crippen LogP contribution < -0.4 is 9.79 Å². The Balaban J connectivity index is -0.0000000112. The maximum Gasteiger partial charge on any atom is 1.00 e. The van der Waals surface area contributed by atoms with Gasteiger partial charge in [0.25, 0.3) is 0 Å². The van der Waals surface area contributed by atoms with Gasteiger partial charge in [-0.25, -0.2) is 0 Å². The van der Waals surface area contributed by atoms with Gasteiger partial charge in [0.15, 0.2) is 14.5 Å². The monoisotopic (exact) mass is 442 g/mol. The van der Waals surface area contributed by atoms with Crippen molar-refractivity contribution in [3.8, 4) is 0 Å². The van der Waals surface area contributed by atoms with Crippen LogP contribution in [-0.2, 0) is 102 Å². The second kappa shape index (κ2) is 29.2. The van der Waals surface area contributed by atoms with Gasteiger partial charge < -0.3 is 34.3 Å². The van der Waals surface area contributed by atoms with Gasteiger partial charge in [-0.05, 0) is 0 Å². The molecular weight excluding hydrogens is 444 g/mol. The summed E-state index contributed by atoms with van der Waals surface area (Å²) in [7, 11) is -5.07. The van der Waals surface area contributed by atoms with Gasteiger partial charge in [0.05, 0.1) is 0 Å². The van der Waals surface area contributed by atoms with Crippen molar-refractivity contribution in [2.75, 3.05) is 0 Å². The first kappa shape index (κ1) is 36.3. The van der Waals surface area contributed by atoms with Crippen molar-refractivity contribution in [1.82, 2.24) is 0 Å². The number of rotatable bonds is 0. The molecule has 0 saturated heterocycles. The van der Waals surface area contributed by atoms with E-state index >= 15 is 0 Å². The predicted molar refractivity (Wildman–Crippen MR) is 29.9 cm³/mol. The maximum atomic E-state index is 8.85. The first-order valence-electron chi connectivity index (χ1n) is 1.10. The first-order valence-corrected chi connectivity index (χ1v) is 5.48. The Labute approximate surface area is 125 Å². The molecule has 0 radical (unpaired) electrons. The van der Waals surface area contributed by atoms with E-state index < -0.39 is 14.5 Å². The standard InChI is InChI=1S/4Cu.2HO2PS/c;;;;2*1-3(2)4/h;;;;2*(H,1,2,4)/q4*+1;;/p-2. The van der Waals surface area contributed by atoms with E-state index in [0.29, 0.717) is 0 Å². The van der Waals surface area contributed by atoms with E-state index in [4.69, 9.17) is 18.9 Å². The van der Waals surface area contributed by atoms with E-state index in [9.17, 15) is 0 Å². The van der Waals surface area contributed by atoms with Crippen molar-refractivity contribution in [3.63, 3.8) is 0 Å². The minimum Gasteiger partial charge on any atom is -0.614 e. The SMILES string of the molecule is O=[P+]([O-])[S-].O=[P+]([O-])[S-].[Cu+].[Cu+].[Cu+].[Cu+]. The van der Waals surface area contributed by atoms with Gasteiger partial charge in [-0.2, -0.15) is 0 Å². The minimum absolute atomic E-state index is 0. The van der Waals surface area contributed by atoms with E-state index in [2.05, 4.69) is 24.5 Å². The molecule has 0 aliphatic rings. The summed E-state index contributed by atoms with van der Waals surface area (Å²) in [4.78, 5) is 17.7. The van der Waals surface area contributed by atoms with Gasteiger partial charge in [0.1, 0.15) is 0 Å². The van der Waals surface area contributed by atoms with Crippen LogP contribution in [0.4, 0.5) is 0 Å². The summed E-state index contributed by atoms with van der Waals surface area (Å²) < 4.78 is 17.7. The molecule has 88 valence electrons. The zero-order chi connectivity index (χ0) is 7.15. The fourth-order valence-corrected chi connectivity index (χ4v) is 0. The average Bonchev–Trinajstić information content (AvgIpc) is 1.25. The van der Waals surface area contributed by atoms with Gasteiger partial charge in [-0.15, -0.1) is 9.13 Å². The number of hydrogen-bond donors (Lipinski definition) is 0. The fourth-order valence-electron chi connectivity index (χ4n) is 0. The Morgan fingerprint density at radius 2 is 0.750 bits per heavy atom. The molecular formula is Cu4O4P2S2+2. The minimum atomic E-state index is -2.54. The molecule has 0 rings (SSSR count). The van der Waals surface area contributed by atoms with E-state index in [1.165, 1.54) is 0 Å². The molecule has 0 aliphatic carbocycles. The molecule has 2 atom stereocenters. The van der Waals surface area contributed by atoms with Crippen LogP contribution in [0.25, 0.3) is 0 Å². The molecule has 0 aromatic rings. The molecule has 0 saturated carbocycles. The van der Waals surface area contributed by atoms with Crippen molar-refractivity contribution in [2.45, 2.75) is 0 Å². The van der Waals surface area contributed by atoms with Crippen LogP contribution in [-0.4, -0.2) is 0 Å². The summed E-state index contributed by atoms with van der Waals surface area (Å²) in [6, 6.07) is 0. The molecule has 0 aromatic carbocycles. The maximum absolute atomic E-state index is 8.85. The van der Waals surface area contributed by atoms with Gasteiger partial charge >= 0.3 is 68.3 Å². The molecule has 2 unspecified atom stereocenters. The van der Waals surface area contributed by atoms with Crippen molar-refractivity contribution in [2.24, 2.45) is 0 Å². The summed E-state index contributed by atoms with van der Waals surface area (Å²) >= 11 is 7.15. The van der Waals surface area contributed by atoms with Gasteiger partial charge in [-0.3, -0.25) is 0 Å². The summed E-state index contributed by atoms with van der Waals surface area (Å²) in [5.74, 6) is 0. The molecule has 12 heteroatoms. The Kier molecular flexibility index (Phi) is 88.4. The van der Waals surface area contributed by atoms with Crippen LogP contribution in [0.1, 0.15) is 0 Å². The van der Waals surface area contributed by atoms with E-state index in [1.54, 1.807) is 0 Å². The smallest absolute Gasteiger partial charge is 0.614 e. The third-order valence-electron chi connectivity index (χ3n) is 0. The molecule has 4 nitrogen and oxygen atoms in total. The van der Waals surface area contributed by atoms with Gasteiger partial charge in [0.2, 0.25) is 0 Å². The summed E-state index contributed by atoms with van der Waals surface area (Å²) in [5, 5.41) is 0. The summed E-state index contributed by atoms with van der Waals surface area (Å²) in [6.07, 6.45) is 0. The normalized spacial score (nSPS) is 7.33. The van der Waals surface area contributed by atoms with Crippen molar-refractivity contribution >= 4 is 39.0 Å². The van der Waals surface area contributed by atoms with Crippen LogP contribution in [0.15, 0.2) is 0 Å². The van der Waals surface area contributed by atoms with Gasteiger partial charge in [-0.1, -0.05) is 0 Å². The number of hydrogen-bond acceptors (Lipinski definition) is 6. The topological polar surface area (TPSA) is 80.3 Å². The zero-order valence-corrected chi connectivity index (χ0v) is 11.7. The van der Waals surface area contributed by atoms with E-state index in [-0.39, 0.29) is 68.3 Å². The van der Waals surface area contributed by atoms with Crippen molar-refractivity contribution in [1.29, 1.82) is 0 Å². The Bertz CT molecular complexity index is 81.1. The van der Waals surface area contributed by atoms with Crippen LogP contribution in [0.2, 0.25) is 0 Å². The Morgan fingerprint density at radius 1 is 0.750 bits per heavy atom. The van der Waals surface area contributed by atoms with Crippen LogP contribution in [0.3, 0.4) is 0 Å². The largest absolute Gasteiger partial charge is 1.00 e. The van der Waals surface area contributed by atoms with Crippen LogP contribution in [0.5, 0.6) is 0 Å². The molecule has 0 N–H and O–H groups in total. The van der Waals surface area contributed by atoms with Crippen molar-refractivity contribution in [3.05, 3.63) is 0 Å². The van der Waals surface area contributed by atoms with E-state index in [0.717, 1.165) is 0 Å². The molecule has 0 aromatic heterocycles. The van der Waals surface area contributed by atoms with Crippen molar-refractivity contribution < 1.29 is 87.2 Å². The molecule has 0 spiro atoms. The molecule has 0 heterocycles. The summed E-state index contributed by atoms with van der Waals surface area (Å²) in [5.41, 5.74) is 0. The van der Waals surface area contributed by atoms with E-state index in [1.807, 2.05) is 0 Å². The third kappa shape index (κ3) is 217. The average molecular weight is 444 g/mol. The van der Waals surface area contributed by atoms with Gasteiger partial charge in [0, 0.05) is 0 Å².